The topological polar surface area (TPSA) is 83.7 Å². The van der Waals surface area contributed by atoms with Crippen molar-refractivity contribution in [1.82, 2.24) is 24.5 Å². The van der Waals surface area contributed by atoms with E-state index in [1.165, 1.54) is 5.70 Å². The Labute approximate surface area is 184 Å². The summed E-state index contributed by atoms with van der Waals surface area (Å²) in [5, 5.41) is 3.80. The van der Waals surface area contributed by atoms with E-state index in [0.717, 1.165) is 60.8 Å². The predicted octanol–water partition coefficient (Wildman–Crippen LogP) is 0.345. The molecule has 166 valence electrons. The van der Waals surface area contributed by atoms with Crippen LogP contribution in [0, 0.1) is 0 Å². The number of likely N-dealkylation sites (N-methyl/N-ethyl adjacent to an activating group) is 1. The molecule has 1 aromatic carbocycles. The Kier molecular flexibility index (Phi) is 4.46. The van der Waals surface area contributed by atoms with Gasteiger partial charge in [0.15, 0.2) is 17.1 Å². The standard InChI is InChI=1S/C23H26N6O3/c1-24-23(30)15-10-14-17(28-7-3-6-27(2)8-9-28)4-5-25-21(14)29-18-12-20-19(31-13-32-20)11-16(18)26-22(15)29/h10-12H,3-9,13H2,1-2H3,(H,24,30). The van der Waals surface area contributed by atoms with Crippen molar-refractivity contribution in [3.05, 3.63) is 34.5 Å². The summed E-state index contributed by atoms with van der Waals surface area (Å²) < 4.78 is 13.2. The number of hydrogen-bond donors (Lipinski definition) is 1. The smallest absolute Gasteiger partial charge is 0.254 e. The number of fused-ring (bicyclic) bond motifs is 6. The average Bonchev–Trinajstić information content (AvgIpc) is 3.35. The zero-order valence-electron chi connectivity index (χ0n) is 18.3. The normalized spacial score (nSPS) is 18.6. The summed E-state index contributed by atoms with van der Waals surface area (Å²) in [7, 11) is 3.82. The van der Waals surface area contributed by atoms with Gasteiger partial charge < -0.3 is 24.6 Å². The van der Waals surface area contributed by atoms with Crippen LogP contribution in [0.3, 0.4) is 0 Å². The molecular formula is C23H26N6O3. The van der Waals surface area contributed by atoms with E-state index >= 15 is 0 Å². The summed E-state index contributed by atoms with van der Waals surface area (Å²) in [6.45, 7) is 5.03. The lowest BCUT2D eigenvalue weighted by molar-refractivity contribution is 0.0964. The zero-order valence-corrected chi connectivity index (χ0v) is 18.3. The number of carbonyl (C=O) groups is 1. The van der Waals surface area contributed by atoms with Crippen molar-refractivity contribution in [2.45, 2.75) is 12.8 Å². The van der Waals surface area contributed by atoms with Crippen molar-refractivity contribution < 1.29 is 14.3 Å². The Hall–Kier alpha value is -3.33. The predicted molar refractivity (Wildman–Crippen MR) is 120 cm³/mol. The van der Waals surface area contributed by atoms with E-state index < -0.39 is 0 Å². The molecule has 0 atom stereocenters. The van der Waals surface area contributed by atoms with Crippen LogP contribution in [0.1, 0.15) is 23.2 Å². The Morgan fingerprint density at radius 2 is 1.94 bits per heavy atom. The van der Waals surface area contributed by atoms with Gasteiger partial charge in [0, 0.05) is 62.7 Å². The average molecular weight is 435 g/mol. The third kappa shape index (κ3) is 2.91. The minimum Gasteiger partial charge on any atom is -0.454 e. The molecule has 9 heteroatoms. The van der Waals surface area contributed by atoms with E-state index in [9.17, 15) is 4.79 Å². The second kappa shape index (κ2) is 7.37. The number of benzene rings is 1. The number of ether oxygens (including phenoxy) is 2. The van der Waals surface area contributed by atoms with E-state index in [2.05, 4.69) is 22.2 Å². The number of nitrogens with one attached hydrogen (secondary N) is 1. The molecule has 1 amide bonds. The molecule has 0 radical (unpaired) electrons. The molecule has 5 heterocycles. The maximum absolute atomic E-state index is 12.9. The first-order chi connectivity index (χ1) is 15.6. The van der Waals surface area contributed by atoms with Crippen molar-refractivity contribution in [2.75, 3.05) is 53.6 Å². The number of nitrogens with zero attached hydrogens (tertiary/aromatic N) is 5. The molecule has 0 saturated carbocycles. The van der Waals surface area contributed by atoms with Crippen LogP contribution in [0.5, 0.6) is 11.5 Å². The van der Waals surface area contributed by atoms with Crippen LogP contribution in [-0.4, -0.2) is 78.7 Å². The van der Waals surface area contributed by atoms with E-state index in [-0.39, 0.29) is 12.7 Å². The van der Waals surface area contributed by atoms with Gasteiger partial charge in [-0.15, -0.1) is 0 Å². The van der Waals surface area contributed by atoms with E-state index in [0.29, 0.717) is 29.3 Å². The maximum atomic E-state index is 12.9. The summed E-state index contributed by atoms with van der Waals surface area (Å²) in [5.41, 5.74) is 4.89. The van der Waals surface area contributed by atoms with Crippen molar-refractivity contribution in [2.24, 2.45) is 4.99 Å². The summed E-state index contributed by atoms with van der Waals surface area (Å²) in [5.74, 6) is 1.21. The van der Waals surface area contributed by atoms with Gasteiger partial charge in [-0.1, -0.05) is 0 Å². The van der Waals surface area contributed by atoms with Gasteiger partial charge in [-0.05, 0) is 26.1 Å². The van der Waals surface area contributed by atoms with Gasteiger partial charge in [0.05, 0.1) is 16.6 Å². The van der Waals surface area contributed by atoms with Crippen LogP contribution in [0.25, 0.3) is 22.4 Å². The van der Waals surface area contributed by atoms with Crippen LogP contribution >= 0.6 is 0 Å². The maximum Gasteiger partial charge on any atom is 0.254 e. The molecule has 3 aromatic rings. The van der Waals surface area contributed by atoms with Crippen LogP contribution in [0.4, 0.5) is 0 Å². The highest BCUT2D eigenvalue weighted by Crippen LogP contribution is 2.36. The lowest BCUT2D eigenvalue weighted by Gasteiger charge is -2.27. The van der Waals surface area contributed by atoms with Crippen LogP contribution in [0.15, 0.2) is 23.2 Å². The van der Waals surface area contributed by atoms with Crippen molar-refractivity contribution in [3.8, 4) is 11.5 Å². The third-order valence-corrected chi connectivity index (χ3v) is 6.63. The fraction of sp³-hybridized carbons (Fsp3) is 0.435. The van der Waals surface area contributed by atoms with Crippen LogP contribution in [0.2, 0.25) is 0 Å². The molecule has 0 spiro atoms. The second-order valence-electron chi connectivity index (χ2n) is 8.56. The van der Waals surface area contributed by atoms with Crippen molar-refractivity contribution >= 4 is 28.3 Å². The first kappa shape index (κ1) is 19.4. The molecule has 2 aromatic heterocycles. The van der Waals surface area contributed by atoms with Gasteiger partial charge >= 0.3 is 0 Å². The first-order valence-electron chi connectivity index (χ1n) is 11.1. The highest BCUT2D eigenvalue weighted by atomic mass is 16.7. The summed E-state index contributed by atoms with van der Waals surface area (Å²) in [4.78, 5) is 27.5. The van der Waals surface area contributed by atoms with E-state index in [4.69, 9.17) is 19.5 Å². The molecule has 0 bridgehead atoms. The number of amides is 1. The SMILES string of the molecule is CNC(=O)c1cc2c(n3c1nc1cc4c(cc13)OCO4)=NCCC=2N1CCCN(C)CC1. The molecule has 1 N–H and O–H groups in total. The van der Waals surface area contributed by atoms with Crippen LogP contribution in [-0.2, 0) is 0 Å². The molecule has 32 heavy (non-hydrogen) atoms. The lowest BCUT2D eigenvalue weighted by Crippen LogP contribution is -2.43. The summed E-state index contributed by atoms with van der Waals surface area (Å²) in [6, 6.07) is 5.79. The molecule has 0 aliphatic carbocycles. The highest BCUT2D eigenvalue weighted by molar-refractivity contribution is 6.01. The second-order valence-corrected chi connectivity index (χ2v) is 8.56. The monoisotopic (exact) mass is 434 g/mol. The Morgan fingerprint density at radius 1 is 1.09 bits per heavy atom. The van der Waals surface area contributed by atoms with Gasteiger partial charge in [-0.3, -0.25) is 14.2 Å². The highest BCUT2D eigenvalue weighted by Gasteiger charge is 2.24. The minimum atomic E-state index is -0.159. The summed E-state index contributed by atoms with van der Waals surface area (Å²) >= 11 is 0. The van der Waals surface area contributed by atoms with Crippen LogP contribution < -0.4 is 25.5 Å². The fourth-order valence-electron chi connectivity index (χ4n) is 4.97. The Balaban J connectivity index is 1.68. The number of carbonyl (C=O) groups excluding carboxylic acids is 1. The third-order valence-electron chi connectivity index (χ3n) is 6.63. The fourth-order valence-corrected chi connectivity index (χ4v) is 4.97. The molecular weight excluding hydrogens is 408 g/mol. The molecule has 1 fully saturated rings. The first-order valence-corrected chi connectivity index (χ1v) is 11.1. The van der Waals surface area contributed by atoms with Gasteiger partial charge in [0.25, 0.3) is 5.91 Å². The minimum absolute atomic E-state index is 0.159. The number of imidazole rings is 1. The van der Waals surface area contributed by atoms with Gasteiger partial charge in [0.1, 0.15) is 5.49 Å². The number of rotatable bonds is 2. The number of hydrogen-bond acceptors (Lipinski definition) is 7. The largest absolute Gasteiger partial charge is 0.454 e. The molecule has 3 aliphatic rings. The molecule has 9 nitrogen and oxygen atoms in total. The lowest BCUT2D eigenvalue weighted by atomic mass is 10.1. The summed E-state index contributed by atoms with van der Waals surface area (Å²) in [6.07, 6.45) is 1.99. The van der Waals surface area contributed by atoms with E-state index in [1.807, 2.05) is 22.6 Å². The quantitative estimate of drug-likeness (QED) is 0.627. The Bertz CT molecular complexity index is 1380. The molecule has 1 saturated heterocycles. The van der Waals surface area contributed by atoms with Crippen molar-refractivity contribution in [3.63, 3.8) is 0 Å². The van der Waals surface area contributed by atoms with Crippen molar-refractivity contribution in [1.29, 1.82) is 0 Å². The van der Waals surface area contributed by atoms with Gasteiger partial charge in [0.2, 0.25) is 6.79 Å². The number of aromatic nitrogens is 2. The molecule has 3 aliphatic heterocycles. The van der Waals surface area contributed by atoms with Gasteiger partial charge in [-0.25, -0.2) is 4.98 Å². The Morgan fingerprint density at radius 3 is 2.78 bits per heavy atom. The molecule has 0 unspecified atom stereocenters. The number of pyridine rings is 1. The van der Waals surface area contributed by atoms with Gasteiger partial charge in [-0.2, -0.15) is 0 Å². The van der Waals surface area contributed by atoms with E-state index in [1.54, 1.807) is 7.05 Å². The zero-order chi connectivity index (χ0) is 21.8. The molecule has 6 rings (SSSR count).